The topological polar surface area (TPSA) is 82.2 Å². The number of nitrogens with zero attached hydrogens (tertiary/aromatic N) is 3. The van der Waals surface area contributed by atoms with Crippen molar-refractivity contribution in [2.75, 3.05) is 43.1 Å². The number of methoxy groups -OCH3 is 1. The average molecular weight is 477 g/mol. The Morgan fingerprint density at radius 2 is 1.77 bits per heavy atom. The third kappa shape index (κ3) is 4.57. The van der Waals surface area contributed by atoms with E-state index in [-0.39, 0.29) is 30.3 Å². The van der Waals surface area contributed by atoms with Crippen molar-refractivity contribution < 1.29 is 19.1 Å². The molecule has 35 heavy (non-hydrogen) atoms. The van der Waals surface area contributed by atoms with Gasteiger partial charge in [0.15, 0.2) is 0 Å². The summed E-state index contributed by atoms with van der Waals surface area (Å²) in [5, 5.41) is 2.92. The second-order valence-corrected chi connectivity index (χ2v) is 9.42. The molecule has 2 aromatic rings. The summed E-state index contributed by atoms with van der Waals surface area (Å²) in [6.07, 6.45) is 4.82. The lowest BCUT2D eigenvalue weighted by Crippen LogP contribution is -2.57. The normalized spacial score (nSPS) is 19.3. The van der Waals surface area contributed by atoms with Gasteiger partial charge in [0.2, 0.25) is 11.8 Å². The van der Waals surface area contributed by atoms with Gasteiger partial charge in [0.05, 0.1) is 18.5 Å². The number of amides is 3. The average Bonchev–Trinajstić information content (AvgIpc) is 3.44. The van der Waals surface area contributed by atoms with Crippen LogP contribution >= 0.6 is 0 Å². The molecule has 8 heteroatoms. The first-order valence-electron chi connectivity index (χ1n) is 12.5. The van der Waals surface area contributed by atoms with Crippen molar-refractivity contribution in [1.82, 2.24) is 10.2 Å². The third-order valence-electron chi connectivity index (χ3n) is 7.24. The third-order valence-corrected chi connectivity index (χ3v) is 7.24. The number of fused-ring (bicyclic) bond motifs is 3. The molecule has 3 aliphatic heterocycles. The lowest BCUT2D eigenvalue weighted by Gasteiger charge is -2.45. The largest absolute Gasteiger partial charge is 0.496 e. The first-order chi connectivity index (χ1) is 17.1. The van der Waals surface area contributed by atoms with Crippen molar-refractivity contribution in [1.29, 1.82) is 0 Å². The number of carbonyl (C=O) groups is 3. The lowest BCUT2D eigenvalue weighted by atomic mass is 9.95. The molecular weight excluding hydrogens is 444 g/mol. The fraction of sp³-hybridized carbons (Fsp3) is 0.444. The van der Waals surface area contributed by atoms with Crippen molar-refractivity contribution in [2.24, 2.45) is 0 Å². The Morgan fingerprint density at radius 1 is 1.00 bits per heavy atom. The predicted octanol–water partition coefficient (Wildman–Crippen LogP) is 2.95. The van der Waals surface area contributed by atoms with Gasteiger partial charge in [-0.25, -0.2) is 0 Å². The molecule has 3 heterocycles. The number of ether oxygens (including phenoxy) is 1. The van der Waals surface area contributed by atoms with Gasteiger partial charge < -0.3 is 19.9 Å². The molecule has 0 radical (unpaired) electrons. The Balaban J connectivity index is 1.40. The number of anilines is 2. The van der Waals surface area contributed by atoms with Gasteiger partial charge in [0.25, 0.3) is 5.91 Å². The van der Waals surface area contributed by atoms with Crippen LogP contribution in [-0.2, 0) is 16.1 Å². The molecule has 1 atom stereocenters. The molecule has 0 aliphatic carbocycles. The van der Waals surface area contributed by atoms with Gasteiger partial charge in [-0.1, -0.05) is 18.2 Å². The van der Waals surface area contributed by atoms with Crippen molar-refractivity contribution >= 4 is 29.1 Å². The first-order valence-corrected chi connectivity index (χ1v) is 12.5. The number of nitrogens with one attached hydrogen (secondary N) is 1. The van der Waals surface area contributed by atoms with Crippen LogP contribution in [0.5, 0.6) is 5.75 Å². The molecule has 1 N–H and O–H groups in total. The number of carbonyl (C=O) groups excluding carboxylic acids is 3. The lowest BCUT2D eigenvalue weighted by molar-refractivity contribution is -0.125. The van der Waals surface area contributed by atoms with E-state index in [0.29, 0.717) is 23.5 Å². The van der Waals surface area contributed by atoms with E-state index >= 15 is 0 Å². The molecule has 3 amide bonds. The molecule has 5 rings (SSSR count). The Hall–Kier alpha value is -3.55. The quantitative estimate of drug-likeness (QED) is 0.693. The van der Waals surface area contributed by atoms with E-state index in [1.54, 1.807) is 18.1 Å². The van der Waals surface area contributed by atoms with Crippen molar-refractivity contribution in [3.8, 4) is 5.75 Å². The summed E-state index contributed by atoms with van der Waals surface area (Å²) in [4.78, 5) is 45.2. The molecule has 0 spiro atoms. The van der Waals surface area contributed by atoms with Gasteiger partial charge in [0, 0.05) is 37.3 Å². The second kappa shape index (κ2) is 9.98. The number of para-hydroxylation sites is 1. The molecule has 0 bridgehead atoms. The van der Waals surface area contributed by atoms with Gasteiger partial charge in [-0.3, -0.25) is 19.3 Å². The molecule has 2 saturated heterocycles. The van der Waals surface area contributed by atoms with Crippen LogP contribution < -0.4 is 19.9 Å². The minimum absolute atomic E-state index is 0.0147. The van der Waals surface area contributed by atoms with E-state index in [0.717, 1.165) is 63.0 Å². The molecule has 2 aromatic carbocycles. The number of piperidine rings is 1. The summed E-state index contributed by atoms with van der Waals surface area (Å²) >= 11 is 0. The van der Waals surface area contributed by atoms with Crippen molar-refractivity contribution in [3.05, 3.63) is 53.6 Å². The summed E-state index contributed by atoms with van der Waals surface area (Å²) < 4.78 is 5.37. The highest BCUT2D eigenvalue weighted by molar-refractivity contribution is 6.09. The van der Waals surface area contributed by atoms with Crippen molar-refractivity contribution in [2.45, 2.75) is 44.7 Å². The van der Waals surface area contributed by atoms with E-state index in [4.69, 9.17) is 4.74 Å². The minimum Gasteiger partial charge on any atom is -0.496 e. The van der Waals surface area contributed by atoms with Crippen LogP contribution in [0, 0.1) is 0 Å². The molecule has 2 fully saturated rings. The Labute approximate surface area is 205 Å². The van der Waals surface area contributed by atoms with E-state index in [2.05, 4.69) is 10.2 Å². The van der Waals surface area contributed by atoms with Gasteiger partial charge in [-0.2, -0.15) is 0 Å². The van der Waals surface area contributed by atoms with Crippen LogP contribution in [0.4, 0.5) is 11.4 Å². The minimum atomic E-state index is -0.265. The number of hydrogen-bond donors (Lipinski definition) is 1. The van der Waals surface area contributed by atoms with E-state index < -0.39 is 0 Å². The Kier molecular flexibility index (Phi) is 6.61. The fourth-order valence-electron chi connectivity index (χ4n) is 5.40. The monoisotopic (exact) mass is 476 g/mol. The fourth-order valence-corrected chi connectivity index (χ4v) is 5.40. The summed E-state index contributed by atoms with van der Waals surface area (Å²) in [7, 11) is 1.60. The SMILES string of the molecule is COc1ccccc1CNC(=O)CN1C(=O)C2CCCCN2c2ccc(C(=O)N3CCCC3)cc21. The summed E-state index contributed by atoms with van der Waals surface area (Å²) in [5.41, 5.74) is 2.99. The van der Waals surface area contributed by atoms with Crippen LogP contribution in [0.25, 0.3) is 0 Å². The molecule has 0 saturated carbocycles. The Morgan fingerprint density at radius 3 is 2.57 bits per heavy atom. The highest BCUT2D eigenvalue weighted by Crippen LogP contribution is 2.40. The van der Waals surface area contributed by atoms with Crippen LogP contribution in [0.3, 0.4) is 0 Å². The molecule has 0 aromatic heterocycles. The van der Waals surface area contributed by atoms with Crippen LogP contribution in [0.1, 0.15) is 48.0 Å². The second-order valence-electron chi connectivity index (χ2n) is 9.42. The van der Waals surface area contributed by atoms with Gasteiger partial charge in [-0.05, 0) is 56.4 Å². The van der Waals surface area contributed by atoms with Crippen LogP contribution in [-0.4, -0.2) is 62.0 Å². The molecule has 184 valence electrons. The zero-order valence-electron chi connectivity index (χ0n) is 20.2. The zero-order valence-corrected chi connectivity index (χ0v) is 20.2. The van der Waals surface area contributed by atoms with Crippen molar-refractivity contribution in [3.63, 3.8) is 0 Å². The molecular formula is C27H32N4O4. The first kappa shape index (κ1) is 23.2. The number of hydrogen-bond acceptors (Lipinski definition) is 5. The van der Waals surface area contributed by atoms with Gasteiger partial charge in [-0.15, -0.1) is 0 Å². The zero-order chi connectivity index (χ0) is 24.4. The van der Waals surface area contributed by atoms with E-state index in [1.165, 1.54) is 0 Å². The highest BCUT2D eigenvalue weighted by atomic mass is 16.5. The predicted molar refractivity (Wildman–Crippen MR) is 134 cm³/mol. The van der Waals surface area contributed by atoms with E-state index in [9.17, 15) is 14.4 Å². The number of rotatable bonds is 6. The Bertz CT molecular complexity index is 1130. The maximum Gasteiger partial charge on any atom is 0.253 e. The summed E-state index contributed by atoms with van der Waals surface area (Å²) in [6, 6.07) is 12.9. The molecule has 3 aliphatic rings. The van der Waals surface area contributed by atoms with Gasteiger partial charge in [0.1, 0.15) is 18.3 Å². The summed E-state index contributed by atoms with van der Waals surface area (Å²) in [5.74, 6) is 0.361. The summed E-state index contributed by atoms with van der Waals surface area (Å²) in [6.45, 7) is 2.54. The molecule has 8 nitrogen and oxygen atoms in total. The highest BCUT2D eigenvalue weighted by Gasteiger charge is 2.40. The van der Waals surface area contributed by atoms with Crippen LogP contribution in [0.2, 0.25) is 0 Å². The number of likely N-dealkylation sites (tertiary alicyclic amines) is 1. The maximum atomic E-state index is 13.6. The van der Waals surface area contributed by atoms with Gasteiger partial charge >= 0.3 is 0 Å². The standard InChI is InChI=1S/C27H32N4O4/c1-35-24-10-3-2-8-20(24)17-28-25(32)18-31-23-16-19(26(33)29-13-6-7-14-29)11-12-21(23)30-15-5-4-9-22(30)27(31)34/h2-3,8,10-12,16,22H,4-7,9,13-15,17-18H2,1H3,(H,28,32). The maximum absolute atomic E-state index is 13.6. The number of benzene rings is 2. The van der Waals surface area contributed by atoms with E-state index in [1.807, 2.05) is 41.3 Å². The smallest absolute Gasteiger partial charge is 0.253 e. The molecule has 1 unspecified atom stereocenters. The van der Waals surface area contributed by atoms with Crippen LogP contribution in [0.15, 0.2) is 42.5 Å².